The molecule has 0 spiro atoms. The number of carboxylic acids is 1. The van der Waals surface area contributed by atoms with Crippen LogP contribution in [0.2, 0.25) is 0 Å². The fourth-order valence-corrected chi connectivity index (χ4v) is 3.15. The molecular weight excluding hydrogens is 214 g/mol. The van der Waals surface area contributed by atoms with Crippen LogP contribution < -0.4 is 0 Å². The standard InChI is InChI=1S/C14H27NO2/c1-11-8-12(2)10-13(9-11)4-6-15(3)7-5-14(16)17/h11-13H,4-10H2,1-3H3,(H,16,17). The maximum absolute atomic E-state index is 10.5. The summed E-state index contributed by atoms with van der Waals surface area (Å²) >= 11 is 0. The Kier molecular flexibility index (Phi) is 5.96. The molecule has 2 unspecified atom stereocenters. The highest BCUT2D eigenvalue weighted by atomic mass is 16.4. The van der Waals surface area contributed by atoms with E-state index < -0.39 is 5.97 Å². The van der Waals surface area contributed by atoms with E-state index in [4.69, 9.17) is 5.11 Å². The van der Waals surface area contributed by atoms with Crippen molar-refractivity contribution in [1.82, 2.24) is 4.90 Å². The van der Waals surface area contributed by atoms with Crippen LogP contribution in [-0.4, -0.2) is 36.1 Å². The van der Waals surface area contributed by atoms with E-state index in [1.807, 2.05) is 7.05 Å². The number of nitrogens with zero attached hydrogens (tertiary/aromatic N) is 1. The van der Waals surface area contributed by atoms with Crippen molar-refractivity contribution in [2.45, 2.75) is 46.0 Å². The topological polar surface area (TPSA) is 40.5 Å². The Labute approximate surface area is 105 Å². The van der Waals surface area contributed by atoms with E-state index in [1.165, 1.54) is 25.7 Å². The molecule has 1 saturated carbocycles. The molecule has 0 aromatic heterocycles. The molecule has 1 aliphatic carbocycles. The third-order valence-electron chi connectivity index (χ3n) is 3.90. The molecule has 3 nitrogen and oxygen atoms in total. The molecule has 0 aromatic rings. The van der Waals surface area contributed by atoms with Crippen molar-refractivity contribution < 1.29 is 9.90 Å². The van der Waals surface area contributed by atoms with Crippen LogP contribution in [0.15, 0.2) is 0 Å². The first-order valence-electron chi connectivity index (χ1n) is 6.87. The van der Waals surface area contributed by atoms with E-state index in [9.17, 15) is 4.79 Å². The number of carboxylic acid groups (broad SMARTS) is 1. The first-order chi connectivity index (χ1) is 7.97. The van der Waals surface area contributed by atoms with Crippen molar-refractivity contribution in [1.29, 1.82) is 0 Å². The molecule has 1 aliphatic rings. The van der Waals surface area contributed by atoms with Gasteiger partial charge in [-0.05, 0) is 57.0 Å². The number of carbonyl (C=O) groups is 1. The van der Waals surface area contributed by atoms with Crippen molar-refractivity contribution in [3.63, 3.8) is 0 Å². The largest absolute Gasteiger partial charge is 0.481 e. The summed E-state index contributed by atoms with van der Waals surface area (Å²) < 4.78 is 0. The van der Waals surface area contributed by atoms with Gasteiger partial charge in [-0.25, -0.2) is 0 Å². The Morgan fingerprint density at radius 1 is 1.18 bits per heavy atom. The molecule has 2 atom stereocenters. The second-order valence-corrected chi connectivity index (χ2v) is 6.02. The molecule has 0 aromatic carbocycles. The SMILES string of the molecule is CC1CC(C)CC(CCN(C)CCC(=O)O)C1. The quantitative estimate of drug-likeness (QED) is 0.777. The average molecular weight is 241 g/mol. The monoisotopic (exact) mass is 241 g/mol. The van der Waals surface area contributed by atoms with Crippen LogP contribution in [0.4, 0.5) is 0 Å². The fraction of sp³-hybridized carbons (Fsp3) is 0.929. The van der Waals surface area contributed by atoms with Crippen molar-refractivity contribution in [2.75, 3.05) is 20.1 Å². The zero-order valence-corrected chi connectivity index (χ0v) is 11.5. The van der Waals surface area contributed by atoms with Crippen molar-refractivity contribution in [2.24, 2.45) is 17.8 Å². The van der Waals surface area contributed by atoms with E-state index >= 15 is 0 Å². The molecule has 3 heteroatoms. The van der Waals surface area contributed by atoms with Crippen LogP contribution in [0.5, 0.6) is 0 Å². The minimum atomic E-state index is -0.697. The van der Waals surface area contributed by atoms with Gasteiger partial charge in [0.1, 0.15) is 0 Å². The van der Waals surface area contributed by atoms with Crippen LogP contribution in [0, 0.1) is 17.8 Å². The van der Waals surface area contributed by atoms with Gasteiger partial charge < -0.3 is 10.0 Å². The third-order valence-corrected chi connectivity index (χ3v) is 3.90. The summed E-state index contributed by atoms with van der Waals surface area (Å²) in [6.07, 6.45) is 5.58. The molecule has 0 saturated heterocycles. The minimum absolute atomic E-state index is 0.258. The Hall–Kier alpha value is -0.570. The normalized spacial score (nSPS) is 29.5. The van der Waals surface area contributed by atoms with Gasteiger partial charge in [0.15, 0.2) is 0 Å². The second kappa shape index (κ2) is 7.00. The maximum atomic E-state index is 10.5. The molecule has 1 rings (SSSR count). The van der Waals surface area contributed by atoms with Crippen LogP contribution >= 0.6 is 0 Å². The summed E-state index contributed by atoms with van der Waals surface area (Å²) in [6.45, 7) is 6.43. The molecule has 1 N–H and O–H groups in total. The summed E-state index contributed by atoms with van der Waals surface area (Å²) in [4.78, 5) is 12.6. The van der Waals surface area contributed by atoms with Gasteiger partial charge in [0.05, 0.1) is 6.42 Å². The van der Waals surface area contributed by atoms with Crippen molar-refractivity contribution in [3.8, 4) is 0 Å². The highest BCUT2D eigenvalue weighted by Gasteiger charge is 2.23. The zero-order chi connectivity index (χ0) is 12.8. The summed E-state index contributed by atoms with van der Waals surface area (Å²) in [5, 5.41) is 8.62. The molecule has 0 heterocycles. The van der Waals surface area contributed by atoms with E-state index in [-0.39, 0.29) is 6.42 Å². The Balaban J connectivity index is 2.18. The lowest BCUT2D eigenvalue weighted by molar-refractivity contribution is -0.137. The van der Waals surface area contributed by atoms with Crippen molar-refractivity contribution >= 4 is 5.97 Å². The lowest BCUT2D eigenvalue weighted by Crippen LogP contribution is -2.27. The van der Waals surface area contributed by atoms with Gasteiger partial charge >= 0.3 is 5.97 Å². The Morgan fingerprint density at radius 3 is 2.29 bits per heavy atom. The summed E-state index contributed by atoms with van der Waals surface area (Å²) in [5.41, 5.74) is 0. The molecule has 0 bridgehead atoms. The van der Waals surface area contributed by atoms with Crippen LogP contribution in [0.3, 0.4) is 0 Å². The Bertz CT molecular complexity index is 232. The van der Waals surface area contributed by atoms with E-state index in [2.05, 4.69) is 18.7 Å². The lowest BCUT2D eigenvalue weighted by Gasteiger charge is -2.32. The van der Waals surface area contributed by atoms with Crippen LogP contribution in [0.1, 0.15) is 46.0 Å². The van der Waals surface area contributed by atoms with Gasteiger partial charge in [0.2, 0.25) is 0 Å². The van der Waals surface area contributed by atoms with Crippen LogP contribution in [0.25, 0.3) is 0 Å². The summed E-state index contributed by atoms with van der Waals surface area (Å²) in [7, 11) is 2.03. The highest BCUT2D eigenvalue weighted by molar-refractivity contribution is 5.66. The summed E-state index contributed by atoms with van der Waals surface area (Å²) in [6, 6.07) is 0. The predicted octanol–water partition coefficient (Wildman–Crippen LogP) is 2.86. The highest BCUT2D eigenvalue weighted by Crippen LogP contribution is 2.34. The second-order valence-electron chi connectivity index (χ2n) is 6.02. The lowest BCUT2D eigenvalue weighted by atomic mass is 9.75. The van der Waals surface area contributed by atoms with Gasteiger partial charge in [-0.1, -0.05) is 13.8 Å². The number of hydrogen-bond donors (Lipinski definition) is 1. The molecule has 0 aliphatic heterocycles. The number of aliphatic carboxylic acids is 1. The third kappa shape index (κ3) is 6.06. The number of hydrogen-bond acceptors (Lipinski definition) is 2. The van der Waals surface area contributed by atoms with Gasteiger partial charge in [0.25, 0.3) is 0 Å². The van der Waals surface area contributed by atoms with E-state index in [0.717, 1.165) is 24.3 Å². The maximum Gasteiger partial charge on any atom is 0.304 e. The molecule has 0 radical (unpaired) electrons. The van der Waals surface area contributed by atoms with Crippen molar-refractivity contribution in [3.05, 3.63) is 0 Å². The smallest absolute Gasteiger partial charge is 0.304 e. The summed E-state index contributed by atoms with van der Waals surface area (Å²) in [5.74, 6) is 1.89. The molecule has 17 heavy (non-hydrogen) atoms. The zero-order valence-electron chi connectivity index (χ0n) is 11.5. The van der Waals surface area contributed by atoms with E-state index in [0.29, 0.717) is 6.54 Å². The predicted molar refractivity (Wildman–Crippen MR) is 70.0 cm³/mol. The van der Waals surface area contributed by atoms with E-state index in [1.54, 1.807) is 0 Å². The molecular formula is C14H27NO2. The molecule has 100 valence electrons. The number of rotatable bonds is 6. The molecule has 1 fully saturated rings. The van der Waals surface area contributed by atoms with Gasteiger partial charge in [0, 0.05) is 6.54 Å². The van der Waals surface area contributed by atoms with Crippen LogP contribution in [-0.2, 0) is 4.79 Å². The first kappa shape index (κ1) is 14.5. The Morgan fingerprint density at radius 2 is 1.76 bits per heavy atom. The first-order valence-corrected chi connectivity index (χ1v) is 6.87. The minimum Gasteiger partial charge on any atom is -0.481 e. The molecule has 0 amide bonds. The van der Waals surface area contributed by atoms with Gasteiger partial charge in [-0.2, -0.15) is 0 Å². The van der Waals surface area contributed by atoms with Gasteiger partial charge in [-0.3, -0.25) is 4.79 Å². The van der Waals surface area contributed by atoms with Gasteiger partial charge in [-0.15, -0.1) is 0 Å². The fourth-order valence-electron chi connectivity index (χ4n) is 3.15. The average Bonchev–Trinajstić information content (AvgIpc) is 2.22.